The van der Waals surface area contributed by atoms with Crippen molar-refractivity contribution in [3.8, 4) is 11.1 Å². The van der Waals surface area contributed by atoms with Crippen molar-refractivity contribution in [3.05, 3.63) is 72.2 Å². The van der Waals surface area contributed by atoms with Crippen LogP contribution in [0.1, 0.15) is 13.1 Å². The van der Waals surface area contributed by atoms with E-state index < -0.39 is 0 Å². The number of carbonyl (C=O) groups is 1. The number of benzene rings is 3. The SMILES string of the molecule is [2H]c1c(C=O)ccc(-c2cccc3c2[nH]c2ccccc23)c1[2H]. The van der Waals surface area contributed by atoms with Gasteiger partial charge in [-0.25, -0.2) is 0 Å². The minimum Gasteiger partial charge on any atom is -0.354 e. The second-order valence-corrected chi connectivity index (χ2v) is 4.97. The smallest absolute Gasteiger partial charge is 0.150 e. The molecule has 0 bridgehead atoms. The molecule has 0 amide bonds. The Morgan fingerprint density at radius 1 is 0.905 bits per heavy atom. The van der Waals surface area contributed by atoms with Crippen LogP contribution < -0.4 is 0 Å². The third kappa shape index (κ3) is 1.84. The zero-order valence-electron chi connectivity index (χ0n) is 13.2. The van der Waals surface area contributed by atoms with Gasteiger partial charge in [0.25, 0.3) is 0 Å². The van der Waals surface area contributed by atoms with E-state index in [1.54, 1.807) is 12.1 Å². The van der Waals surface area contributed by atoms with Crippen molar-refractivity contribution in [1.82, 2.24) is 4.98 Å². The molecule has 4 aromatic rings. The summed E-state index contributed by atoms with van der Waals surface area (Å²) < 4.78 is 16.2. The van der Waals surface area contributed by atoms with Crippen LogP contribution in [0.4, 0.5) is 0 Å². The van der Waals surface area contributed by atoms with Crippen molar-refractivity contribution >= 4 is 28.1 Å². The number of carbonyl (C=O) groups excluding carboxylic acids is 1. The Morgan fingerprint density at radius 2 is 1.76 bits per heavy atom. The highest BCUT2D eigenvalue weighted by Gasteiger charge is 2.08. The van der Waals surface area contributed by atoms with E-state index in [0.717, 1.165) is 27.4 Å². The summed E-state index contributed by atoms with van der Waals surface area (Å²) in [5.74, 6) is 0. The Balaban J connectivity index is 2.07. The molecule has 1 aromatic heterocycles. The van der Waals surface area contributed by atoms with Crippen molar-refractivity contribution in [1.29, 1.82) is 0 Å². The normalized spacial score (nSPS) is 12.4. The summed E-state index contributed by atoms with van der Waals surface area (Å²) in [4.78, 5) is 14.4. The summed E-state index contributed by atoms with van der Waals surface area (Å²) in [5, 5.41) is 2.22. The highest BCUT2D eigenvalue weighted by molar-refractivity contribution is 6.11. The van der Waals surface area contributed by atoms with Gasteiger partial charge in [0.1, 0.15) is 6.29 Å². The number of aldehydes is 1. The highest BCUT2D eigenvalue weighted by Crippen LogP contribution is 2.32. The zero-order chi connectivity index (χ0) is 16.0. The number of fused-ring (bicyclic) bond motifs is 3. The Labute approximate surface area is 124 Å². The largest absolute Gasteiger partial charge is 0.354 e. The second-order valence-electron chi connectivity index (χ2n) is 4.97. The van der Waals surface area contributed by atoms with Gasteiger partial charge in [-0.1, -0.05) is 60.6 Å². The first-order valence-electron chi connectivity index (χ1n) is 7.76. The summed E-state index contributed by atoms with van der Waals surface area (Å²) in [6.07, 6.45) is 0.619. The van der Waals surface area contributed by atoms with Gasteiger partial charge in [-0.15, -0.1) is 0 Å². The molecule has 0 atom stereocenters. The van der Waals surface area contributed by atoms with Crippen LogP contribution in [0, 0.1) is 0 Å². The van der Waals surface area contributed by atoms with E-state index in [2.05, 4.69) is 11.1 Å². The van der Waals surface area contributed by atoms with Crippen molar-refractivity contribution in [3.63, 3.8) is 0 Å². The molecule has 0 saturated heterocycles. The molecular weight excluding hydrogens is 258 g/mol. The van der Waals surface area contributed by atoms with Crippen molar-refractivity contribution < 1.29 is 7.54 Å². The number of hydrogen-bond acceptors (Lipinski definition) is 1. The predicted molar refractivity (Wildman–Crippen MR) is 86.6 cm³/mol. The lowest BCUT2D eigenvalue weighted by atomic mass is 10.0. The van der Waals surface area contributed by atoms with Crippen LogP contribution >= 0.6 is 0 Å². The zero-order valence-corrected chi connectivity index (χ0v) is 11.2. The maximum atomic E-state index is 10.9. The van der Waals surface area contributed by atoms with E-state index in [0.29, 0.717) is 11.8 Å². The van der Waals surface area contributed by atoms with E-state index in [1.165, 1.54) is 0 Å². The molecule has 0 spiro atoms. The quantitative estimate of drug-likeness (QED) is 0.523. The summed E-state index contributed by atoms with van der Waals surface area (Å²) >= 11 is 0. The molecule has 2 heteroatoms. The van der Waals surface area contributed by atoms with Crippen molar-refractivity contribution in [2.24, 2.45) is 0 Å². The molecule has 0 aliphatic rings. The topological polar surface area (TPSA) is 32.9 Å². The molecule has 0 fully saturated rings. The van der Waals surface area contributed by atoms with Crippen LogP contribution in [0.15, 0.2) is 66.7 Å². The average molecular weight is 273 g/mol. The first kappa shape index (κ1) is 9.94. The second kappa shape index (κ2) is 4.60. The van der Waals surface area contributed by atoms with Crippen LogP contribution in [0.5, 0.6) is 0 Å². The molecule has 0 unspecified atom stereocenters. The van der Waals surface area contributed by atoms with Gasteiger partial charge in [-0.2, -0.15) is 0 Å². The van der Waals surface area contributed by atoms with Crippen LogP contribution in [0.3, 0.4) is 0 Å². The lowest BCUT2D eigenvalue weighted by Gasteiger charge is -2.04. The Kier molecular flexibility index (Phi) is 2.18. The van der Waals surface area contributed by atoms with Crippen LogP contribution in [0.2, 0.25) is 0 Å². The van der Waals surface area contributed by atoms with Gasteiger partial charge >= 0.3 is 0 Å². The lowest BCUT2D eigenvalue weighted by molar-refractivity contribution is 0.112. The van der Waals surface area contributed by atoms with Gasteiger partial charge < -0.3 is 4.98 Å². The number of rotatable bonds is 2. The molecule has 21 heavy (non-hydrogen) atoms. The molecule has 2 nitrogen and oxygen atoms in total. The molecule has 1 heterocycles. The average Bonchev–Trinajstić information content (AvgIpc) is 2.96. The Bertz CT molecular complexity index is 1070. The van der Waals surface area contributed by atoms with E-state index >= 15 is 0 Å². The fourth-order valence-corrected chi connectivity index (χ4v) is 2.72. The molecular formula is C19H13NO. The fourth-order valence-electron chi connectivity index (χ4n) is 2.72. The van der Waals surface area contributed by atoms with Gasteiger partial charge in [0.2, 0.25) is 0 Å². The third-order valence-corrected chi connectivity index (χ3v) is 3.73. The van der Waals surface area contributed by atoms with Gasteiger partial charge in [-0.05, 0) is 11.6 Å². The van der Waals surface area contributed by atoms with Crippen molar-refractivity contribution in [2.45, 2.75) is 0 Å². The summed E-state index contributed by atoms with van der Waals surface area (Å²) in [5.41, 5.74) is 3.74. The molecule has 3 aromatic carbocycles. The molecule has 100 valence electrons. The number of hydrogen-bond donors (Lipinski definition) is 1. The van der Waals surface area contributed by atoms with E-state index in [9.17, 15) is 4.79 Å². The van der Waals surface area contributed by atoms with Gasteiger partial charge in [0, 0.05) is 27.4 Å². The maximum absolute atomic E-state index is 10.9. The monoisotopic (exact) mass is 273 g/mol. The first-order valence-corrected chi connectivity index (χ1v) is 6.76. The molecule has 0 aliphatic carbocycles. The van der Waals surface area contributed by atoms with Crippen LogP contribution in [-0.2, 0) is 0 Å². The minimum absolute atomic E-state index is 0.0365. The summed E-state index contributed by atoms with van der Waals surface area (Å²) in [6, 6.07) is 17.4. The van der Waals surface area contributed by atoms with Crippen LogP contribution in [-0.4, -0.2) is 11.3 Å². The third-order valence-electron chi connectivity index (χ3n) is 3.73. The standard InChI is InChI=1S/C19H13NO/c21-12-13-8-10-14(11-9-13)15-5-3-6-17-16-4-1-2-7-18(16)20-19(15)17/h1-12,20H/i8D,10D. The molecule has 0 saturated carbocycles. The maximum Gasteiger partial charge on any atom is 0.150 e. The Hall–Kier alpha value is -2.87. The number of aromatic amines is 1. The van der Waals surface area contributed by atoms with E-state index in [-0.39, 0.29) is 17.6 Å². The first-order chi connectivity index (χ1) is 11.2. The van der Waals surface area contributed by atoms with Gasteiger partial charge in [0.15, 0.2) is 0 Å². The fraction of sp³-hybridized carbons (Fsp3) is 0. The molecule has 1 N–H and O–H groups in total. The van der Waals surface area contributed by atoms with E-state index in [4.69, 9.17) is 2.74 Å². The number of H-pyrrole nitrogens is 1. The molecule has 0 radical (unpaired) electrons. The molecule has 0 aliphatic heterocycles. The summed E-state index contributed by atoms with van der Waals surface area (Å²) in [7, 11) is 0. The number of nitrogens with one attached hydrogen (secondary N) is 1. The number of para-hydroxylation sites is 2. The van der Waals surface area contributed by atoms with E-state index in [1.807, 2.05) is 36.4 Å². The lowest BCUT2D eigenvalue weighted by Crippen LogP contribution is -1.83. The van der Waals surface area contributed by atoms with Crippen LogP contribution in [0.25, 0.3) is 32.9 Å². The minimum atomic E-state index is -0.0365. The summed E-state index contributed by atoms with van der Waals surface area (Å²) in [6.45, 7) is 0. The van der Waals surface area contributed by atoms with Crippen molar-refractivity contribution in [2.75, 3.05) is 0 Å². The van der Waals surface area contributed by atoms with Gasteiger partial charge in [-0.3, -0.25) is 4.79 Å². The highest BCUT2D eigenvalue weighted by atomic mass is 16.1. The molecule has 4 rings (SSSR count). The van der Waals surface area contributed by atoms with Gasteiger partial charge in [0.05, 0.1) is 8.26 Å². The number of aromatic nitrogens is 1. The predicted octanol–water partition coefficient (Wildman–Crippen LogP) is 4.80. The Morgan fingerprint density at radius 3 is 2.67 bits per heavy atom.